The molecule has 0 radical (unpaired) electrons. The second-order valence-electron chi connectivity index (χ2n) is 8.47. The number of thiophene rings is 1. The summed E-state index contributed by atoms with van der Waals surface area (Å²) < 4.78 is 0. The Morgan fingerprint density at radius 3 is 2.71 bits per heavy atom. The van der Waals surface area contributed by atoms with Gasteiger partial charge in [-0.2, -0.15) is 0 Å². The van der Waals surface area contributed by atoms with Crippen LogP contribution < -0.4 is 5.56 Å². The highest BCUT2D eigenvalue weighted by molar-refractivity contribution is 7.13. The number of aromatic nitrogens is 2. The topological polar surface area (TPSA) is 86.4 Å². The Hall–Kier alpha value is -2.48. The number of fused-ring (bicyclic) bond motifs is 1. The van der Waals surface area contributed by atoms with Gasteiger partial charge in [0, 0.05) is 30.3 Å². The zero-order valence-electron chi connectivity index (χ0n) is 18.4. The van der Waals surface area contributed by atoms with Crippen molar-refractivity contribution in [2.75, 3.05) is 13.1 Å². The van der Waals surface area contributed by atoms with Crippen LogP contribution >= 0.6 is 11.3 Å². The van der Waals surface area contributed by atoms with Crippen LogP contribution in [-0.2, 0) is 17.8 Å². The molecule has 1 atom stereocenters. The highest BCUT2D eigenvalue weighted by Crippen LogP contribution is 2.32. The molecule has 7 nitrogen and oxygen atoms in total. The van der Waals surface area contributed by atoms with Gasteiger partial charge in [-0.05, 0) is 44.7 Å². The predicted molar refractivity (Wildman–Crippen MR) is 120 cm³/mol. The number of nitrogens with one attached hydrogen (secondary N) is 1. The Kier molecular flexibility index (Phi) is 6.27. The normalized spacial score (nSPS) is 18.5. The van der Waals surface area contributed by atoms with Crippen molar-refractivity contribution >= 4 is 23.2 Å². The second kappa shape index (κ2) is 8.94. The van der Waals surface area contributed by atoms with E-state index in [-0.39, 0.29) is 35.9 Å². The van der Waals surface area contributed by atoms with Crippen LogP contribution in [0.1, 0.15) is 77.2 Å². The molecule has 0 saturated carbocycles. The van der Waals surface area contributed by atoms with E-state index in [4.69, 9.17) is 4.98 Å². The summed E-state index contributed by atoms with van der Waals surface area (Å²) in [6.45, 7) is 7.59. The van der Waals surface area contributed by atoms with Crippen LogP contribution in [0.15, 0.2) is 16.9 Å². The summed E-state index contributed by atoms with van der Waals surface area (Å²) >= 11 is 1.47. The number of likely N-dealkylation sites (tertiary alicyclic amines) is 1. The maximum absolute atomic E-state index is 13.0. The molecule has 2 aromatic rings. The van der Waals surface area contributed by atoms with Crippen LogP contribution in [0.5, 0.6) is 0 Å². The molecular weight excluding hydrogens is 412 g/mol. The van der Waals surface area contributed by atoms with E-state index in [1.165, 1.54) is 11.3 Å². The largest absolute Gasteiger partial charge is 0.333 e. The molecule has 0 spiro atoms. The van der Waals surface area contributed by atoms with Gasteiger partial charge in [0.15, 0.2) is 0 Å². The summed E-state index contributed by atoms with van der Waals surface area (Å²) in [6.07, 6.45) is 3.92. The van der Waals surface area contributed by atoms with Gasteiger partial charge < -0.3 is 14.8 Å². The number of hydrogen-bond donors (Lipinski definition) is 1. The molecule has 1 saturated heterocycles. The molecule has 2 aliphatic rings. The van der Waals surface area contributed by atoms with Gasteiger partial charge in [-0.1, -0.05) is 13.8 Å². The van der Waals surface area contributed by atoms with Gasteiger partial charge in [-0.3, -0.25) is 14.4 Å². The molecule has 8 heteroatoms. The number of carbonyl (C=O) groups is 2. The average molecular weight is 443 g/mol. The third-order valence-electron chi connectivity index (χ3n) is 6.51. The van der Waals surface area contributed by atoms with E-state index in [0.29, 0.717) is 35.8 Å². The minimum Gasteiger partial charge on any atom is -0.333 e. The predicted octanol–water partition coefficient (Wildman–Crippen LogP) is 3.44. The number of aryl methyl sites for hydroxylation is 1. The highest BCUT2D eigenvalue weighted by atomic mass is 32.1. The van der Waals surface area contributed by atoms with Gasteiger partial charge in [-0.25, -0.2) is 4.98 Å². The Morgan fingerprint density at radius 1 is 1.26 bits per heavy atom. The first-order valence-corrected chi connectivity index (χ1v) is 12.0. The number of rotatable bonds is 5. The summed E-state index contributed by atoms with van der Waals surface area (Å²) in [4.78, 5) is 51.9. The lowest BCUT2D eigenvalue weighted by Crippen LogP contribution is -2.41. The van der Waals surface area contributed by atoms with Crippen molar-refractivity contribution in [3.63, 3.8) is 0 Å². The highest BCUT2D eigenvalue weighted by Gasteiger charge is 2.35. The number of hydrogen-bond acceptors (Lipinski definition) is 5. The fourth-order valence-electron chi connectivity index (χ4n) is 4.67. The fourth-order valence-corrected chi connectivity index (χ4v) is 5.50. The van der Waals surface area contributed by atoms with Gasteiger partial charge in [-0.15, -0.1) is 11.3 Å². The second-order valence-corrected chi connectivity index (χ2v) is 9.75. The Labute approximate surface area is 186 Å². The van der Waals surface area contributed by atoms with Crippen LogP contribution in [0.4, 0.5) is 0 Å². The van der Waals surface area contributed by atoms with Crippen molar-refractivity contribution in [1.82, 2.24) is 19.8 Å². The molecule has 0 bridgehead atoms. The first kappa shape index (κ1) is 21.7. The third kappa shape index (κ3) is 4.18. The van der Waals surface area contributed by atoms with Crippen LogP contribution in [0.25, 0.3) is 0 Å². The quantitative estimate of drug-likeness (QED) is 0.769. The lowest BCUT2D eigenvalue weighted by atomic mass is 10.0. The van der Waals surface area contributed by atoms with Gasteiger partial charge in [0.05, 0.1) is 28.7 Å². The van der Waals surface area contributed by atoms with Crippen molar-refractivity contribution in [2.45, 2.75) is 65.5 Å². The van der Waals surface area contributed by atoms with Crippen molar-refractivity contribution < 1.29 is 9.59 Å². The Bertz CT molecular complexity index is 1040. The lowest BCUT2D eigenvalue weighted by molar-refractivity contribution is -0.136. The summed E-state index contributed by atoms with van der Waals surface area (Å²) in [5.74, 6) is 0.737. The van der Waals surface area contributed by atoms with Crippen LogP contribution in [0.2, 0.25) is 0 Å². The first-order valence-electron chi connectivity index (χ1n) is 11.2. The standard InChI is InChI=1S/C23H30N4O3S/c1-4-15(5-2)22(29)27-11-6-7-18(27)20-24-17-10-12-26(13-16(17)21(28)25-20)23(30)19-9-8-14(3)31-19/h8-9,15,18H,4-7,10-13H2,1-3H3,(H,24,25,28). The van der Waals surface area contributed by atoms with Gasteiger partial charge in [0.1, 0.15) is 5.82 Å². The Balaban J connectivity index is 1.56. The number of aromatic amines is 1. The van der Waals surface area contributed by atoms with E-state index in [0.717, 1.165) is 36.3 Å². The van der Waals surface area contributed by atoms with E-state index in [9.17, 15) is 14.4 Å². The molecule has 0 aliphatic carbocycles. The molecule has 31 heavy (non-hydrogen) atoms. The van der Waals surface area contributed by atoms with Gasteiger partial charge in [0.25, 0.3) is 11.5 Å². The summed E-state index contributed by atoms with van der Waals surface area (Å²) in [5, 5.41) is 0. The fraction of sp³-hybridized carbons (Fsp3) is 0.565. The minimum atomic E-state index is -0.193. The van der Waals surface area contributed by atoms with E-state index >= 15 is 0 Å². The molecule has 1 fully saturated rings. The molecule has 2 aromatic heterocycles. The van der Waals surface area contributed by atoms with Gasteiger partial charge in [0.2, 0.25) is 5.91 Å². The molecule has 166 valence electrons. The van der Waals surface area contributed by atoms with E-state index in [2.05, 4.69) is 4.98 Å². The monoisotopic (exact) mass is 442 g/mol. The van der Waals surface area contributed by atoms with Crippen LogP contribution in [0.3, 0.4) is 0 Å². The molecule has 1 N–H and O–H groups in total. The van der Waals surface area contributed by atoms with Crippen LogP contribution in [-0.4, -0.2) is 44.7 Å². The SMILES string of the molecule is CCC(CC)C(=O)N1CCCC1c1nc2c(c(=O)[nH]1)CN(C(=O)c1ccc(C)s1)CC2. The molecular formula is C23H30N4O3S. The summed E-state index contributed by atoms with van der Waals surface area (Å²) in [5.41, 5.74) is 1.13. The van der Waals surface area contributed by atoms with E-state index < -0.39 is 0 Å². The summed E-state index contributed by atoms with van der Waals surface area (Å²) in [7, 11) is 0. The number of nitrogens with zero attached hydrogens (tertiary/aromatic N) is 3. The van der Waals surface area contributed by atoms with E-state index in [1.807, 2.05) is 37.8 Å². The third-order valence-corrected chi connectivity index (χ3v) is 7.50. The van der Waals surface area contributed by atoms with Crippen molar-refractivity contribution in [2.24, 2.45) is 5.92 Å². The molecule has 4 rings (SSSR count). The van der Waals surface area contributed by atoms with Crippen molar-refractivity contribution in [3.8, 4) is 0 Å². The molecule has 4 heterocycles. The first-order chi connectivity index (χ1) is 14.9. The van der Waals surface area contributed by atoms with Gasteiger partial charge >= 0.3 is 0 Å². The summed E-state index contributed by atoms with van der Waals surface area (Å²) in [6, 6.07) is 3.61. The zero-order valence-corrected chi connectivity index (χ0v) is 19.3. The maximum atomic E-state index is 13.0. The number of H-pyrrole nitrogens is 1. The van der Waals surface area contributed by atoms with E-state index in [1.54, 1.807) is 4.90 Å². The molecule has 1 unspecified atom stereocenters. The zero-order chi connectivity index (χ0) is 22.1. The lowest BCUT2D eigenvalue weighted by Gasteiger charge is -2.30. The number of amides is 2. The smallest absolute Gasteiger partial charge is 0.264 e. The minimum absolute atomic E-state index is 0.0189. The van der Waals surface area contributed by atoms with Crippen molar-refractivity contribution in [3.05, 3.63) is 49.3 Å². The molecule has 2 aliphatic heterocycles. The average Bonchev–Trinajstić information content (AvgIpc) is 3.43. The molecule has 0 aromatic carbocycles. The Morgan fingerprint density at radius 2 is 2.03 bits per heavy atom. The number of carbonyl (C=O) groups excluding carboxylic acids is 2. The molecule has 2 amide bonds. The van der Waals surface area contributed by atoms with Crippen molar-refractivity contribution in [1.29, 1.82) is 0 Å². The maximum Gasteiger partial charge on any atom is 0.264 e. The van der Waals surface area contributed by atoms with Crippen LogP contribution in [0, 0.1) is 12.8 Å².